The van der Waals surface area contributed by atoms with Crippen molar-refractivity contribution in [3.8, 4) is 5.75 Å². The first-order chi connectivity index (χ1) is 20.0. The quantitative estimate of drug-likeness (QED) is 0.262. The molecule has 5 fully saturated rings. The minimum atomic E-state index is -0.366. The van der Waals surface area contributed by atoms with Crippen LogP contribution in [0.4, 0.5) is 5.13 Å². The van der Waals surface area contributed by atoms with E-state index in [9.17, 15) is 4.79 Å². The van der Waals surface area contributed by atoms with Crippen LogP contribution in [-0.4, -0.2) is 48.5 Å². The lowest BCUT2D eigenvalue weighted by atomic mass is 9.77. The SMILES string of the molecule is COC(=O)c1cc(OC)c2nc(N3C4CCC3CC(OCc3c(C5CCC6(CC5)CC6)noc3C3CC3)C4)sc2c1. The Hall–Kier alpha value is -2.65. The second kappa shape index (κ2) is 9.97. The summed E-state index contributed by atoms with van der Waals surface area (Å²) in [6.07, 6.45) is 15.0. The third-order valence-corrected chi connectivity index (χ3v) is 11.7. The highest BCUT2D eigenvalue weighted by Crippen LogP contribution is 2.59. The Morgan fingerprint density at radius 1 is 1.02 bits per heavy atom. The summed E-state index contributed by atoms with van der Waals surface area (Å²) in [6, 6.07) is 4.40. The molecule has 2 atom stereocenters. The Balaban J connectivity index is 0.979. The van der Waals surface area contributed by atoms with Gasteiger partial charge in [-0.15, -0.1) is 0 Å². The third-order valence-electron chi connectivity index (χ3n) is 10.7. The molecule has 0 radical (unpaired) electrons. The monoisotopic (exact) mass is 577 g/mol. The maximum Gasteiger partial charge on any atom is 0.338 e. The van der Waals surface area contributed by atoms with Crippen LogP contribution in [0, 0.1) is 5.41 Å². The van der Waals surface area contributed by atoms with E-state index in [0.717, 1.165) is 46.8 Å². The van der Waals surface area contributed by atoms with Crippen LogP contribution < -0.4 is 9.64 Å². The van der Waals surface area contributed by atoms with Crippen LogP contribution in [0.5, 0.6) is 5.75 Å². The van der Waals surface area contributed by atoms with Gasteiger partial charge in [0, 0.05) is 29.5 Å². The predicted molar refractivity (Wildman–Crippen MR) is 156 cm³/mol. The Labute approximate surface area is 244 Å². The predicted octanol–water partition coefficient (Wildman–Crippen LogP) is 7.11. The van der Waals surface area contributed by atoms with Crippen LogP contribution >= 0.6 is 11.3 Å². The number of hydrogen-bond donors (Lipinski definition) is 0. The van der Waals surface area contributed by atoms with Gasteiger partial charge in [-0.1, -0.05) is 16.5 Å². The number of fused-ring (bicyclic) bond motifs is 3. The van der Waals surface area contributed by atoms with E-state index in [4.69, 9.17) is 23.7 Å². The molecule has 9 heteroatoms. The van der Waals surface area contributed by atoms with Crippen LogP contribution in [0.25, 0.3) is 10.2 Å². The smallest absolute Gasteiger partial charge is 0.338 e. The number of thiazole rings is 1. The second-order valence-corrected chi connectivity index (χ2v) is 14.2. The van der Waals surface area contributed by atoms with E-state index in [-0.39, 0.29) is 12.1 Å². The molecule has 5 aliphatic rings. The molecule has 1 spiro atoms. The Bertz CT molecular complexity index is 1450. The number of esters is 1. The lowest BCUT2D eigenvalue weighted by Crippen LogP contribution is -2.45. The molecule has 1 aromatic carbocycles. The number of carbonyl (C=O) groups is 1. The van der Waals surface area contributed by atoms with Crippen molar-refractivity contribution >= 4 is 32.7 Å². The normalized spacial score (nSPS) is 27.1. The van der Waals surface area contributed by atoms with Crippen molar-refractivity contribution in [2.24, 2.45) is 5.41 Å². The van der Waals surface area contributed by atoms with Gasteiger partial charge < -0.3 is 23.6 Å². The molecule has 2 bridgehead atoms. The van der Waals surface area contributed by atoms with E-state index >= 15 is 0 Å². The first kappa shape index (κ1) is 26.0. The van der Waals surface area contributed by atoms with Gasteiger partial charge in [0.15, 0.2) is 5.13 Å². The molecule has 4 heterocycles. The van der Waals surface area contributed by atoms with Gasteiger partial charge in [-0.3, -0.25) is 0 Å². The van der Waals surface area contributed by atoms with E-state index < -0.39 is 0 Å². The lowest BCUT2D eigenvalue weighted by Gasteiger charge is -2.38. The van der Waals surface area contributed by atoms with Crippen LogP contribution in [0.15, 0.2) is 16.7 Å². The number of carbonyl (C=O) groups excluding carboxylic acids is 1. The number of nitrogens with zero attached hydrogens (tertiary/aromatic N) is 3. The van der Waals surface area contributed by atoms with Crippen molar-refractivity contribution in [3.05, 3.63) is 34.7 Å². The number of hydrogen-bond acceptors (Lipinski definition) is 9. The largest absolute Gasteiger partial charge is 0.494 e. The molecule has 3 saturated carbocycles. The molecule has 8 rings (SSSR count). The number of benzene rings is 1. The van der Waals surface area contributed by atoms with Gasteiger partial charge >= 0.3 is 5.97 Å². The van der Waals surface area contributed by atoms with Crippen LogP contribution in [0.1, 0.15) is 116 Å². The summed E-state index contributed by atoms with van der Waals surface area (Å²) < 4.78 is 24.2. The number of aromatic nitrogens is 2. The van der Waals surface area contributed by atoms with E-state index in [0.29, 0.717) is 47.3 Å². The summed E-state index contributed by atoms with van der Waals surface area (Å²) in [7, 11) is 3.02. The molecule has 2 aromatic heterocycles. The van der Waals surface area contributed by atoms with Crippen molar-refractivity contribution < 1.29 is 23.5 Å². The molecule has 41 heavy (non-hydrogen) atoms. The standard InChI is InChI=1S/C32H39N3O5S/c1-37-25-13-20(30(36)38-2)14-26-28(25)33-31(41-26)35-21-5-6-22(35)16-23(15-21)39-17-24-27(34-40-29(24)19-3-4-19)18-7-9-32(10-8-18)11-12-32/h13-14,18-19,21-23H,3-12,15-17H2,1-2H3. The summed E-state index contributed by atoms with van der Waals surface area (Å²) in [5.74, 6) is 2.43. The van der Waals surface area contributed by atoms with Gasteiger partial charge in [-0.05, 0) is 94.6 Å². The van der Waals surface area contributed by atoms with Gasteiger partial charge in [0.1, 0.15) is 17.0 Å². The Kier molecular flexibility index (Phi) is 6.33. The summed E-state index contributed by atoms with van der Waals surface area (Å²) >= 11 is 1.64. The maximum atomic E-state index is 12.2. The zero-order valence-electron chi connectivity index (χ0n) is 24.0. The van der Waals surface area contributed by atoms with E-state index in [1.54, 1.807) is 24.5 Å². The van der Waals surface area contributed by atoms with Crippen LogP contribution in [-0.2, 0) is 16.1 Å². The molecule has 2 unspecified atom stereocenters. The topological polar surface area (TPSA) is 86.9 Å². The highest BCUT2D eigenvalue weighted by Gasteiger charge is 2.47. The fraction of sp³-hybridized carbons (Fsp3) is 0.656. The average molecular weight is 578 g/mol. The Morgan fingerprint density at radius 2 is 1.78 bits per heavy atom. The summed E-state index contributed by atoms with van der Waals surface area (Å²) in [6.45, 7) is 0.630. The summed E-state index contributed by atoms with van der Waals surface area (Å²) in [5.41, 5.74) is 4.46. The highest BCUT2D eigenvalue weighted by molar-refractivity contribution is 7.22. The van der Waals surface area contributed by atoms with Gasteiger partial charge in [0.25, 0.3) is 0 Å². The summed E-state index contributed by atoms with van der Waals surface area (Å²) in [5, 5.41) is 5.68. The minimum Gasteiger partial charge on any atom is -0.494 e. The number of anilines is 1. The van der Waals surface area contributed by atoms with Crippen molar-refractivity contribution in [2.45, 2.75) is 114 Å². The molecular formula is C32H39N3O5S. The van der Waals surface area contributed by atoms with Crippen molar-refractivity contribution in [1.29, 1.82) is 0 Å². The van der Waals surface area contributed by atoms with Crippen molar-refractivity contribution in [1.82, 2.24) is 10.1 Å². The number of ether oxygens (including phenoxy) is 3. The van der Waals surface area contributed by atoms with Crippen molar-refractivity contribution in [2.75, 3.05) is 19.1 Å². The van der Waals surface area contributed by atoms with E-state index in [2.05, 4.69) is 10.1 Å². The fourth-order valence-corrected chi connectivity index (χ4v) is 9.08. The molecule has 8 nitrogen and oxygen atoms in total. The fourth-order valence-electron chi connectivity index (χ4n) is 7.91. The molecule has 2 saturated heterocycles. The Morgan fingerprint density at radius 3 is 2.44 bits per heavy atom. The van der Waals surface area contributed by atoms with Gasteiger partial charge in [-0.2, -0.15) is 0 Å². The number of rotatable bonds is 8. The lowest BCUT2D eigenvalue weighted by molar-refractivity contribution is 0.0140. The average Bonchev–Trinajstić information content (AvgIpc) is 3.87. The van der Waals surface area contributed by atoms with Gasteiger partial charge in [-0.25, -0.2) is 9.78 Å². The number of methoxy groups -OCH3 is 2. The molecule has 3 aromatic rings. The molecule has 0 N–H and O–H groups in total. The molecule has 0 amide bonds. The van der Waals surface area contributed by atoms with Gasteiger partial charge in [0.2, 0.25) is 0 Å². The van der Waals surface area contributed by atoms with E-state index in [1.165, 1.54) is 69.7 Å². The van der Waals surface area contributed by atoms with Crippen molar-refractivity contribution in [3.63, 3.8) is 0 Å². The molecule has 2 aliphatic heterocycles. The first-order valence-electron chi connectivity index (χ1n) is 15.5. The van der Waals surface area contributed by atoms with E-state index in [1.807, 2.05) is 6.07 Å². The molecule has 218 valence electrons. The molecular weight excluding hydrogens is 538 g/mol. The number of piperidine rings is 1. The zero-order chi connectivity index (χ0) is 27.7. The second-order valence-electron chi connectivity index (χ2n) is 13.2. The maximum absolute atomic E-state index is 12.2. The first-order valence-corrected chi connectivity index (χ1v) is 16.3. The minimum absolute atomic E-state index is 0.231. The highest BCUT2D eigenvalue weighted by atomic mass is 32.1. The zero-order valence-corrected chi connectivity index (χ0v) is 24.8. The van der Waals surface area contributed by atoms with Crippen LogP contribution in [0.3, 0.4) is 0 Å². The summed E-state index contributed by atoms with van der Waals surface area (Å²) in [4.78, 5) is 19.7. The van der Waals surface area contributed by atoms with Gasteiger partial charge in [0.05, 0.1) is 42.9 Å². The van der Waals surface area contributed by atoms with Crippen LogP contribution in [0.2, 0.25) is 0 Å². The third kappa shape index (κ3) is 4.63. The molecule has 3 aliphatic carbocycles.